The lowest BCUT2D eigenvalue weighted by Gasteiger charge is -2.31. The van der Waals surface area contributed by atoms with Crippen LogP contribution in [-0.2, 0) is 0 Å². The average molecular weight is 304 g/mol. The molecule has 2 aromatic rings. The Kier molecular flexibility index (Phi) is 3.83. The molecule has 3 rings (SSSR count). The molecular formula is C14H16N4O2S. The van der Waals surface area contributed by atoms with Gasteiger partial charge < -0.3 is 9.88 Å². The highest BCUT2D eigenvalue weighted by molar-refractivity contribution is 7.09. The molecule has 0 unspecified atom stereocenters. The van der Waals surface area contributed by atoms with E-state index in [0.29, 0.717) is 12.2 Å². The number of rotatable bonds is 2. The molecule has 1 N–H and O–H groups in total. The Morgan fingerprint density at radius 3 is 3.10 bits per heavy atom. The van der Waals surface area contributed by atoms with Crippen LogP contribution in [0, 0.1) is 6.92 Å². The van der Waals surface area contributed by atoms with Gasteiger partial charge in [0.15, 0.2) is 0 Å². The predicted octanol–water partition coefficient (Wildman–Crippen LogP) is 1.55. The van der Waals surface area contributed by atoms with E-state index in [1.54, 1.807) is 5.38 Å². The summed E-state index contributed by atoms with van der Waals surface area (Å²) in [5, 5.41) is 2.69. The van der Waals surface area contributed by atoms with Crippen LogP contribution in [-0.4, -0.2) is 38.8 Å². The van der Waals surface area contributed by atoms with Gasteiger partial charge in [0.25, 0.3) is 11.5 Å². The number of likely N-dealkylation sites (tertiary alicyclic amines) is 1. The van der Waals surface area contributed by atoms with E-state index in [1.165, 1.54) is 23.7 Å². The van der Waals surface area contributed by atoms with Gasteiger partial charge in [0.2, 0.25) is 0 Å². The quantitative estimate of drug-likeness (QED) is 0.913. The fraction of sp³-hybridized carbons (Fsp3) is 0.429. The van der Waals surface area contributed by atoms with Crippen LogP contribution >= 0.6 is 11.3 Å². The summed E-state index contributed by atoms with van der Waals surface area (Å²) in [4.78, 5) is 36.6. The van der Waals surface area contributed by atoms with E-state index in [4.69, 9.17) is 0 Å². The smallest absolute Gasteiger partial charge is 0.273 e. The van der Waals surface area contributed by atoms with Crippen molar-refractivity contribution >= 4 is 17.2 Å². The Morgan fingerprint density at radius 1 is 1.52 bits per heavy atom. The average Bonchev–Trinajstić information content (AvgIpc) is 2.93. The van der Waals surface area contributed by atoms with Crippen LogP contribution in [0.5, 0.6) is 0 Å². The van der Waals surface area contributed by atoms with E-state index >= 15 is 0 Å². The molecule has 0 aliphatic carbocycles. The van der Waals surface area contributed by atoms with Crippen molar-refractivity contribution in [1.82, 2.24) is 19.9 Å². The van der Waals surface area contributed by atoms with Crippen LogP contribution in [0.3, 0.4) is 0 Å². The highest BCUT2D eigenvalue weighted by Crippen LogP contribution is 2.25. The number of nitrogens with one attached hydrogen (secondary N) is 1. The third-order valence-electron chi connectivity index (χ3n) is 3.66. The number of aryl methyl sites for hydroxylation is 1. The molecule has 1 aliphatic rings. The first kappa shape index (κ1) is 13.9. The van der Waals surface area contributed by atoms with E-state index in [-0.39, 0.29) is 17.4 Å². The lowest BCUT2D eigenvalue weighted by molar-refractivity contribution is 0.0700. The zero-order chi connectivity index (χ0) is 14.8. The molecule has 0 bridgehead atoms. The number of H-pyrrole nitrogens is 1. The van der Waals surface area contributed by atoms with E-state index in [0.717, 1.165) is 30.1 Å². The number of piperidine rings is 1. The highest BCUT2D eigenvalue weighted by atomic mass is 32.1. The Hall–Kier alpha value is -2.02. The summed E-state index contributed by atoms with van der Waals surface area (Å²) < 4.78 is 0. The van der Waals surface area contributed by atoms with Gasteiger partial charge >= 0.3 is 0 Å². The van der Waals surface area contributed by atoms with Gasteiger partial charge in [-0.3, -0.25) is 9.59 Å². The molecule has 21 heavy (non-hydrogen) atoms. The van der Waals surface area contributed by atoms with Crippen molar-refractivity contribution in [1.29, 1.82) is 0 Å². The van der Waals surface area contributed by atoms with E-state index in [1.807, 2.05) is 11.8 Å². The van der Waals surface area contributed by atoms with Crippen molar-refractivity contribution in [3.8, 4) is 0 Å². The molecule has 6 nitrogen and oxygen atoms in total. The number of hydrogen-bond donors (Lipinski definition) is 1. The zero-order valence-corrected chi connectivity index (χ0v) is 12.5. The Morgan fingerprint density at radius 2 is 2.38 bits per heavy atom. The van der Waals surface area contributed by atoms with Gasteiger partial charge in [0, 0.05) is 30.5 Å². The normalized spacial score (nSPS) is 18.7. The van der Waals surface area contributed by atoms with Crippen LogP contribution in [0.1, 0.15) is 39.9 Å². The van der Waals surface area contributed by atoms with E-state index < -0.39 is 0 Å². The van der Waals surface area contributed by atoms with E-state index in [2.05, 4.69) is 15.0 Å². The van der Waals surface area contributed by atoms with Crippen molar-refractivity contribution in [2.45, 2.75) is 25.7 Å². The fourth-order valence-electron chi connectivity index (χ4n) is 2.63. The van der Waals surface area contributed by atoms with Crippen LogP contribution in [0.15, 0.2) is 22.6 Å². The van der Waals surface area contributed by atoms with Crippen LogP contribution in [0.25, 0.3) is 0 Å². The molecule has 0 spiro atoms. The second-order valence-corrected chi connectivity index (χ2v) is 6.24. The first-order valence-electron chi connectivity index (χ1n) is 6.89. The summed E-state index contributed by atoms with van der Waals surface area (Å²) in [6.07, 6.45) is 3.27. The number of thiazole rings is 1. The van der Waals surface area contributed by atoms with Gasteiger partial charge in [-0.05, 0) is 19.8 Å². The van der Waals surface area contributed by atoms with Crippen LogP contribution in [0.4, 0.5) is 0 Å². The number of carbonyl (C=O) groups excluding carboxylic acids is 1. The lowest BCUT2D eigenvalue weighted by atomic mass is 9.94. The molecule has 1 saturated heterocycles. The number of aromatic nitrogens is 3. The van der Waals surface area contributed by atoms with Gasteiger partial charge in [0.1, 0.15) is 5.69 Å². The molecule has 1 atom stereocenters. The predicted molar refractivity (Wildman–Crippen MR) is 79.6 cm³/mol. The minimum Gasteiger partial charge on any atom is -0.337 e. The monoisotopic (exact) mass is 304 g/mol. The van der Waals surface area contributed by atoms with Gasteiger partial charge in [-0.15, -0.1) is 11.3 Å². The summed E-state index contributed by atoms with van der Waals surface area (Å²) in [7, 11) is 0. The molecule has 1 amide bonds. The number of nitrogens with zero attached hydrogens (tertiary/aromatic N) is 3. The summed E-state index contributed by atoms with van der Waals surface area (Å²) in [5.74, 6) is 0.0821. The molecule has 0 saturated carbocycles. The molecule has 0 aromatic carbocycles. The Labute approximate surface area is 125 Å². The van der Waals surface area contributed by atoms with E-state index in [9.17, 15) is 9.59 Å². The number of amides is 1. The molecule has 7 heteroatoms. The first-order chi connectivity index (χ1) is 10.1. The topological polar surface area (TPSA) is 79.0 Å². The van der Waals surface area contributed by atoms with Gasteiger partial charge in [-0.25, -0.2) is 9.97 Å². The summed E-state index contributed by atoms with van der Waals surface area (Å²) in [6, 6.07) is 1.52. The van der Waals surface area contributed by atoms with Crippen molar-refractivity contribution in [3.63, 3.8) is 0 Å². The second-order valence-electron chi connectivity index (χ2n) is 5.18. The standard InChI is InChI=1S/C14H16N4O2S/c1-9-17-12(7-21-9)14(20)18-4-2-3-10(6-18)11-5-13(19)16-8-15-11/h5,7-8,10H,2-4,6H2,1H3,(H,15,16,19)/t10-/m1/s1. The zero-order valence-electron chi connectivity index (χ0n) is 11.7. The van der Waals surface area contributed by atoms with Crippen molar-refractivity contribution < 1.29 is 4.79 Å². The van der Waals surface area contributed by atoms with Gasteiger partial charge in [-0.1, -0.05) is 0 Å². The fourth-order valence-corrected chi connectivity index (χ4v) is 3.22. The third kappa shape index (κ3) is 3.02. The molecular weight excluding hydrogens is 288 g/mol. The molecule has 3 heterocycles. The summed E-state index contributed by atoms with van der Waals surface area (Å²) >= 11 is 1.48. The maximum Gasteiger partial charge on any atom is 0.273 e. The second kappa shape index (κ2) is 5.77. The lowest BCUT2D eigenvalue weighted by Crippen LogP contribution is -2.39. The molecule has 2 aromatic heterocycles. The Bertz CT molecular complexity index is 709. The molecule has 1 aliphatic heterocycles. The third-order valence-corrected chi connectivity index (χ3v) is 4.44. The van der Waals surface area contributed by atoms with Crippen molar-refractivity contribution in [3.05, 3.63) is 44.5 Å². The van der Waals surface area contributed by atoms with Crippen molar-refractivity contribution in [2.75, 3.05) is 13.1 Å². The Balaban J connectivity index is 1.77. The molecule has 0 radical (unpaired) electrons. The van der Waals surface area contributed by atoms with Gasteiger partial charge in [-0.2, -0.15) is 0 Å². The van der Waals surface area contributed by atoms with Crippen LogP contribution < -0.4 is 5.56 Å². The highest BCUT2D eigenvalue weighted by Gasteiger charge is 2.27. The van der Waals surface area contributed by atoms with Crippen LogP contribution in [0.2, 0.25) is 0 Å². The summed E-state index contributed by atoms with van der Waals surface area (Å²) in [5.41, 5.74) is 1.11. The largest absolute Gasteiger partial charge is 0.337 e. The number of carbonyl (C=O) groups is 1. The number of aromatic amines is 1. The minimum absolute atomic E-state index is 0.0334. The summed E-state index contributed by atoms with van der Waals surface area (Å²) in [6.45, 7) is 3.21. The minimum atomic E-state index is -0.154. The maximum atomic E-state index is 12.4. The molecule has 1 fully saturated rings. The SMILES string of the molecule is Cc1nc(C(=O)N2CCC[C@@H](c3cc(=O)[nH]cn3)C2)cs1. The van der Waals surface area contributed by atoms with Gasteiger partial charge in [0.05, 0.1) is 17.0 Å². The maximum absolute atomic E-state index is 12.4. The van der Waals surface area contributed by atoms with Crippen molar-refractivity contribution in [2.24, 2.45) is 0 Å². The first-order valence-corrected chi connectivity index (χ1v) is 7.77. The molecule has 110 valence electrons. The number of hydrogen-bond acceptors (Lipinski definition) is 5.